The van der Waals surface area contributed by atoms with Crippen molar-refractivity contribution < 1.29 is 33.7 Å². The Morgan fingerprint density at radius 1 is 1.35 bits per heavy atom. The van der Waals surface area contributed by atoms with Crippen LogP contribution in [0.25, 0.3) is 0 Å². The Bertz CT molecular complexity index is 879. The first-order chi connectivity index (χ1) is 14.9. The van der Waals surface area contributed by atoms with Crippen LogP contribution in [0.2, 0.25) is 0 Å². The van der Waals surface area contributed by atoms with Crippen LogP contribution in [0.5, 0.6) is 5.75 Å². The van der Waals surface area contributed by atoms with Crippen LogP contribution in [-0.4, -0.2) is 77.2 Å². The highest BCUT2D eigenvalue weighted by molar-refractivity contribution is 9.09. The highest BCUT2D eigenvalue weighted by Crippen LogP contribution is 2.60. The lowest BCUT2D eigenvalue weighted by Crippen LogP contribution is -2.54. The van der Waals surface area contributed by atoms with Gasteiger partial charge in [-0.1, -0.05) is 15.9 Å². The molecule has 6 atom stereocenters. The molecule has 1 aromatic carbocycles. The maximum Gasteiger partial charge on any atom is 0.312 e. The van der Waals surface area contributed by atoms with Crippen molar-refractivity contribution in [3.63, 3.8) is 0 Å². The number of rotatable bonds is 7. The number of aliphatic hydroxyl groups excluding tert-OH is 1. The largest absolute Gasteiger partial charge is 0.497 e. The Hall–Kier alpha value is -2.17. The summed E-state index contributed by atoms with van der Waals surface area (Å²) >= 11 is 3.57. The van der Waals surface area contributed by atoms with Crippen molar-refractivity contribution in [3.05, 3.63) is 24.3 Å². The number of aliphatic hydroxyl groups is 1. The van der Waals surface area contributed by atoms with Crippen molar-refractivity contribution in [1.29, 1.82) is 0 Å². The molecule has 2 N–H and O–H groups in total. The SMILES string of the molecule is CCOC(=O)[C@H]1[C@@H]2OC3(CC2Br)C(C(=O)Nc2ccc(OC)cc2)N(CCO)C(=O)[C@H]13. The maximum atomic E-state index is 13.4. The first kappa shape index (κ1) is 22.0. The number of carbonyl (C=O) groups is 3. The van der Waals surface area contributed by atoms with Crippen LogP contribution in [0.4, 0.5) is 5.69 Å². The number of β-amino-alcohol motifs (C(OH)–C–C–N with tert-alkyl or cyclic N) is 1. The topological polar surface area (TPSA) is 114 Å². The molecule has 168 valence electrons. The number of nitrogens with one attached hydrogen (secondary N) is 1. The summed E-state index contributed by atoms with van der Waals surface area (Å²) in [6, 6.07) is 5.83. The molecule has 3 fully saturated rings. The van der Waals surface area contributed by atoms with Gasteiger partial charge in [-0.25, -0.2) is 0 Å². The van der Waals surface area contributed by atoms with Gasteiger partial charge in [0, 0.05) is 17.1 Å². The molecule has 3 aliphatic rings. The van der Waals surface area contributed by atoms with Gasteiger partial charge in [0.15, 0.2) is 0 Å². The zero-order valence-electron chi connectivity index (χ0n) is 17.2. The first-order valence-electron chi connectivity index (χ1n) is 10.2. The minimum atomic E-state index is -1.17. The third-order valence-electron chi connectivity index (χ3n) is 6.29. The average Bonchev–Trinajstić information content (AvgIpc) is 3.33. The summed E-state index contributed by atoms with van der Waals surface area (Å²) in [5.74, 6) is -2.29. The van der Waals surface area contributed by atoms with E-state index in [0.717, 1.165) is 0 Å². The van der Waals surface area contributed by atoms with Crippen molar-refractivity contribution in [1.82, 2.24) is 4.90 Å². The van der Waals surface area contributed by atoms with E-state index in [4.69, 9.17) is 14.2 Å². The third-order valence-corrected chi connectivity index (χ3v) is 7.14. The van der Waals surface area contributed by atoms with Crippen LogP contribution in [0.15, 0.2) is 24.3 Å². The van der Waals surface area contributed by atoms with E-state index in [0.29, 0.717) is 17.9 Å². The molecule has 0 radical (unpaired) electrons. The number of benzene rings is 1. The van der Waals surface area contributed by atoms with E-state index in [9.17, 15) is 19.5 Å². The average molecular weight is 497 g/mol. The summed E-state index contributed by atoms with van der Waals surface area (Å²) in [6.45, 7) is 1.54. The zero-order valence-corrected chi connectivity index (χ0v) is 18.8. The monoisotopic (exact) mass is 496 g/mol. The van der Waals surface area contributed by atoms with Crippen LogP contribution in [-0.2, 0) is 23.9 Å². The van der Waals surface area contributed by atoms with Gasteiger partial charge in [0.2, 0.25) is 11.8 Å². The first-order valence-corrected chi connectivity index (χ1v) is 11.1. The molecule has 3 heterocycles. The molecule has 0 aliphatic carbocycles. The van der Waals surface area contributed by atoms with Crippen molar-refractivity contribution in [3.8, 4) is 5.75 Å². The van der Waals surface area contributed by atoms with E-state index < -0.39 is 41.5 Å². The van der Waals surface area contributed by atoms with E-state index in [1.807, 2.05) is 0 Å². The summed E-state index contributed by atoms with van der Waals surface area (Å²) < 4.78 is 16.6. The molecule has 9 nitrogen and oxygen atoms in total. The Morgan fingerprint density at radius 2 is 2.06 bits per heavy atom. The van der Waals surface area contributed by atoms with Gasteiger partial charge in [-0.2, -0.15) is 0 Å². The van der Waals surface area contributed by atoms with E-state index >= 15 is 0 Å². The molecule has 3 aliphatic heterocycles. The standard InChI is InChI=1S/C21H25BrN2O7/c1-3-30-20(28)14-15-19(27)24(8-9-25)17(21(15)10-13(22)16(14)31-21)18(26)23-11-4-6-12(29-2)7-5-11/h4-7,13-17,25H,3,8-10H2,1-2H3,(H,23,26)/t13?,14-,15+,16-,17?,21?/m1/s1. The number of fused-ring (bicyclic) bond motifs is 1. The minimum absolute atomic E-state index is 0.0334. The summed E-state index contributed by atoms with van der Waals surface area (Å²) in [5, 5.41) is 12.4. The molecule has 10 heteroatoms. The second-order valence-electron chi connectivity index (χ2n) is 7.89. The highest BCUT2D eigenvalue weighted by Gasteiger charge is 2.76. The summed E-state index contributed by atoms with van der Waals surface area (Å²) in [6.07, 6.45) is -0.160. The number of methoxy groups -OCH3 is 1. The highest BCUT2D eigenvalue weighted by atomic mass is 79.9. The number of carbonyl (C=O) groups excluding carboxylic acids is 3. The van der Waals surface area contributed by atoms with E-state index in [1.54, 1.807) is 38.3 Å². The number of hydrogen-bond acceptors (Lipinski definition) is 7. The Labute approximate surface area is 188 Å². The zero-order chi connectivity index (χ0) is 22.3. The lowest BCUT2D eigenvalue weighted by molar-refractivity contribution is -0.154. The van der Waals surface area contributed by atoms with Crippen molar-refractivity contribution in [2.24, 2.45) is 11.8 Å². The fourth-order valence-corrected chi connectivity index (χ4v) is 6.11. The van der Waals surface area contributed by atoms with E-state index in [1.165, 1.54) is 4.90 Å². The lowest BCUT2D eigenvalue weighted by atomic mass is 9.70. The van der Waals surface area contributed by atoms with E-state index in [2.05, 4.69) is 21.2 Å². The van der Waals surface area contributed by atoms with Gasteiger partial charge in [0.1, 0.15) is 17.4 Å². The van der Waals surface area contributed by atoms with Crippen LogP contribution < -0.4 is 10.1 Å². The molecule has 3 saturated heterocycles. The Morgan fingerprint density at radius 3 is 2.68 bits per heavy atom. The normalized spacial score (nSPS) is 33.4. The second kappa shape index (κ2) is 8.40. The molecule has 0 saturated carbocycles. The number of ether oxygens (including phenoxy) is 3. The van der Waals surface area contributed by atoms with Gasteiger partial charge >= 0.3 is 5.97 Å². The number of likely N-dealkylation sites (tertiary alicyclic amines) is 1. The number of nitrogens with zero attached hydrogens (tertiary/aromatic N) is 1. The molecule has 2 amide bonds. The second-order valence-corrected chi connectivity index (χ2v) is 9.06. The van der Waals surface area contributed by atoms with Crippen molar-refractivity contribution in [2.75, 3.05) is 32.2 Å². The number of amides is 2. The van der Waals surface area contributed by atoms with Gasteiger partial charge in [-0.15, -0.1) is 0 Å². The molecule has 1 spiro atoms. The quantitative estimate of drug-likeness (QED) is 0.426. The molecule has 3 unspecified atom stereocenters. The summed E-state index contributed by atoms with van der Waals surface area (Å²) in [7, 11) is 1.55. The van der Waals surface area contributed by atoms with Gasteiger partial charge in [0.05, 0.1) is 38.3 Å². The fourth-order valence-electron chi connectivity index (χ4n) is 5.17. The summed E-state index contributed by atoms with van der Waals surface area (Å²) in [4.78, 5) is 40.6. The predicted molar refractivity (Wildman–Crippen MR) is 113 cm³/mol. The van der Waals surface area contributed by atoms with Crippen LogP contribution >= 0.6 is 15.9 Å². The fraction of sp³-hybridized carbons (Fsp3) is 0.571. The van der Waals surface area contributed by atoms with Crippen molar-refractivity contribution in [2.45, 2.75) is 35.9 Å². The number of esters is 1. The Kier molecular flexibility index (Phi) is 5.97. The van der Waals surface area contributed by atoms with Crippen LogP contribution in [0, 0.1) is 11.8 Å². The maximum absolute atomic E-state index is 13.4. The molecule has 1 aromatic rings. The Balaban J connectivity index is 1.68. The molecular weight excluding hydrogens is 472 g/mol. The smallest absolute Gasteiger partial charge is 0.312 e. The third kappa shape index (κ3) is 3.41. The van der Waals surface area contributed by atoms with E-state index in [-0.39, 0.29) is 30.5 Å². The molecule has 4 rings (SSSR count). The number of halogens is 1. The van der Waals surface area contributed by atoms with Gasteiger partial charge in [-0.3, -0.25) is 14.4 Å². The van der Waals surface area contributed by atoms with Gasteiger partial charge < -0.3 is 29.5 Å². The minimum Gasteiger partial charge on any atom is -0.497 e. The van der Waals surface area contributed by atoms with Crippen LogP contribution in [0.1, 0.15) is 13.3 Å². The summed E-state index contributed by atoms with van der Waals surface area (Å²) in [5.41, 5.74) is -0.633. The number of alkyl halides is 1. The van der Waals surface area contributed by atoms with Crippen LogP contribution in [0.3, 0.4) is 0 Å². The number of hydrogen-bond donors (Lipinski definition) is 2. The predicted octanol–water partition coefficient (Wildman–Crippen LogP) is 0.937. The molecular formula is C21H25BrN2O7. The van der Waals surface area contributed by atoms with Crippen molar-refractivity contribution >= 4 is 39.4 Å². The van der Waals surface area contributed by atoms with Gasteiger partial charge in [-0.05, 0) is 37.6 Å². The lowest BCUT2D eigenvalue weighted by Gasteiger charge is -2.33. The molecule has 0 aromatic heterocycles. The molecule has 2 bridgehead atoms. The number of anilines is 1. The van der Waals surface area contributed by atoms with Gasteiger partial charge in [0.25, 0.3) is 0 Å². The molecule has 31 heavy (non-hydrogen) atoms.